The number of amides is 3. The molecule has 0 radical (unpaired) electrons. The zero-order valence-electron chi connectivity index (χ0n) is 17.6. The highest BCUT2D eigenvalue weighted by atomic mass is 19.4. The fraction of sp³-hybridized carbons (Fsp3) is 0.364. The summed E-state index contributed by atoms with van der Waals surface area (Å²) >= 11 is 0. The molecule has 168 valence electrons. The smallest absolute Gasteiger partial charge is 0.383 e. The van der Waals surface area contributed by atoms with Crippen LogP contribution in [0.15, 0.2) is 48.5 Å². The molecule has 6 nitrogen and oxygen atoms in total. The number of rotatable bonds is 8. The Kier molecular flexibility index (Phi) is 8.44. The second-order valence-corrected chi connectivity index (χ2v) is 7.34. The third kappa shape index (κ3) is 7.29. The normalized spacial score (nSPS) is 11.3. The molecule has 0 aliphatic rings. The molecule has 0 fully saturated rings. The van der Waals surface area contributed by atoms with E-state index in [9.17, 15) is 22.8 Å². The first kappa shape index (κ1) is 24.2. The van der Waals surface area contributed by atoms with Crippen molar-refractivity contribution in [3.8, 4) is 0 Å². The van der Waals surface area contributed by atoms with E-state index in [2.05, 4.69) is 10.6 Å². The maximum absolute atomic E-state index is 13.7. The molecule has 0 aliphatic carbocycles. The van der Waals surface area contributed by atoms with Gasteiger partial charge in [-0.25, -0.2) is 4.79 Å². The van der Waals surface area contributed by atoms with Gasteiger partial charge in [0, 0.05) is 31.5 Å². The van der Waals surface area contributed by atoms with E-state index in [-0.39, 0.29) is 30.4 Å². The zero-order chi connectivity index (χ0) is 23.0. The molecular formula is C22H26F3N3O3. The Balaban J connectivity index is 2.24. The van der Waals surface area contributed by atoms with E-state index in [1.807, 2.05) is 13.8 Å². The van der Waals surface area contributed by atoms with Crippen LogP contribution < -0.4 is 10.6 Å². The first-order valence-corrected chi connectivity index (χ1v) is 9.74. The van der Waals surface area contributed by atoms with E-state index >= 15 is 0 Å². The van der Waals surface area contributed by atoms with Gasteiger partial charge in [-0.3, -0.25) is 4.79 Å². The second-order valence-electron chi connectivity index (χ2n) is 7.34. The molecule has 0 unspecified atom stereocenters. The summed E-state index contributed by atoms with van der Waals surface area (Å²) in [5.41, 5.74) is -1.15. The van der Waals surface area contributed by atoms with Crippen LogP contribution in [0.1, 0.15) is 29.8 Å². The van der Waals surface area contributed by atoms with Gasteiger partial charge in [0.25, 0.3) is 5.91 Å². The van der Waals surface area contributed by atoms with Gasteiger partial charge in [-0.15, -0.1) is 0 Å². The van der Waals surface area contributed by atoms with E-state index in [1.165, 1.54) is 18.1 Å². The predicted molar refractivity (Wildman–Crippen MR) is 113 cm³/mol. The topological polar surface area (TPSA) is 70.7 Å². The average molecular weight is 437 g/mol. The lowest BCUT2D eigenvalue weighted by molar-refractivity contribution is -0.136. The number of benzene rings is 2. The molecule has 0 atom stereocenters. The van der Waals surface area contributed by atoms with Crippen LogP contribution in [0, 0.1) is 5.92 Å². The minimum Gasteiger partial charge on any atom is -0.383 e. The van der Waals surface area contributed by atoms with Crippen molar-refractivity contribution >= 4 is 23.3 Å². The summed E-state index contributed by atoms with van der Waals surface area (Å²) in [6.07, 6.45) is -4.73. The van der Waals surface area contributed by atoms with E-state index < -0.39 is 23.7 Å². The summed E-state index contributed by atoms with van der Waals surface area (Å²) in [7, 11) is 1.48. The molecule has 2 rings (SSSR count). The van der Waals surface area contributed by atoms with Gasteiger partial charge >= 0.3 is 12.2 Å². The standard InChI is InChI=1S/C22H26F3N3O3/c1-15(2)14-28(11-12-31-3)21(30)27-19-10-9-17(13-18(19)22(23,24)25)26-20(29)16-7-5-4-6-8-16/h4-10,13,15H,11-12,14H2,1-3H3,(H,26,29)(H,27,30). The van der Waals surface area contributed by atoms with Crippen molar-refractivity contribution in [2.24, 2.45) is 5.92 Å². The third-order valence-corrected chi connectivity index (χ3v) is 4.30. The van der Waals surface area contributed by atoms with Crippen LogP contribution in [-0.4, -0.2) is 43.6 Å². The minimum absolute atomic E-state index is 0.0300. The molecule has 2 aromatic carbocycles. The van der Waals surface area contributed by atoms with Crippen molar-refractivity contribution in [2.45, 2.75) is 20.0 Å². The number of carbonyl (C=O) groups is 2. The van der Waals surface area contributed by atoms with Gasteiger partial charge in [-0.1, -0.05) is 32.0 Å². The molecule has 0 aliphatic heterocycles. The Morgan fingerprint density at radius 3 is 2.32 bits per heavy atom. The fourth-order valence-corrected chi connectivity index (χ4v) is 2.87. The first-order chi connectivity index (χ1) is 14.6. The molecule has 0 aromatic heterocycles. The van der Waals surface area contributed by atoms with Crippen molar-refractivity contribution < 1.29 is 27.5 Å². The lowest BCUT2D eigenvalue weighted by Gasteiger charge is -2.25. The molecule has 9 heteroatoms. The van der Waals surface area contributed by atoms with Crippen molar-refractivity contribution in [3.63, 3.8) is 0 Å². The van der Waals surface area contributed by atoms with Gasteiger partial charge in [-0.05, 0) is 36.2 Å². The molecule has 0 saturated carbocycles. The van der Waals surface area contributed by atoms with Crippen LogP contribution in [0.2, 0.25) is 0 Å². The van der Waals surface area contributed by atoms with Crippen LogP contribution in [-0.2, 0) is 10.9 Å². The summed E-state index contributed by atoms with van der Waals surface area (Å²) in [4.78, 5) is 26.3. The maximum atomic E-state index is 13.7. The largest absolute Gasteiger partial charge is 0.418 e. The number of carbonyl (C=O) groups excluding carboxylic acids is 2. The summed E-state index contributed by atoms with van der Waals surface area (Å²) < 4.78 is 45.9. The Morgan fingerprint density at radius 2 is 1.74 bits per heavy atom. The molecule has 3 amide bonds. The quantitative estimate of drug-likeness (QED) is 0.604. The number of urea groups is 1. The molecule has 2 aromatic rings. The van der Waals surface area contributed by atoms with E-state index in [4.69, 9.17) is 4.74 Å². The molecule has 0 bridgehead atoms. The Labute approximate surface area is 179 Å². The molecule has 31 heavy (non-hydrogen) atoms. The van der Waals surface area contributed by atoms with Crippen molar-refractivity contribution in [1.82, 2.24) is 4.90 Å². The zero-order valence-corrected chi connectivity index (χ0v) is 17.6. The third-order valence-electron chi connectivity index (χ3n) is 4.30. The Hall–Kier alpha value is -3.07. The summed E-state index contributed by atoms with van der Waals surface area (Å²) in [6, 6.07) is 10.7. The summed E-state index contributed by atoms with van der Waals surface area (Å²) in [5.74, 6) is -0.409. The number of ether oxygens (including phenoxy) is 1. The van der Waals surface area contributed by atoms with Gasteiger partial charge < -0.3 is 20.3 Å². The number of methoxy groups -OCH3 is 1. The van der Waals surface area contributed by atoms with Crippen LogP contribution in [0.3, 0.4) is 0 Å². The Morgan fingerprint density at radius 1 is 1.06 bits per heavy atom. The van der Waals surface area contributed by atoms with E-state index in [1.54, 1.807) is 30.3 Å². The van der Waals surface area contributed by atoms with Gasteiger partial charge in [0.15, 0.2) is 0 Å². The maximum Gasteiger partial charge on any atom is 0.418 e. The van der Waals surface area contributed by atoms with Gasteiger partial charge in [0.05, 0.1) is 17.9 Å². The number of anilines is 2. The lowest BCUT2D eigenvalue weighted by Crippen LogP contribution is -2.40. The summed E-state index contributed by atoms with van der Waals surface area (Å²) in [6.45, 7) is 4.67. The van der Waals surface area contributed by atoms with Crippen molar-refractivity contribution in [1.29, 1.82) is 0 Å². The van der Waals surface area contributed by atoms with Crippen LogP contribution in [0.25, 0.3) is 0 Å². The number of hydrogen-bond acceptors (Lipinski definition) is 3. The molecule has 0 spiro atoms. The number of nitrogens with zero attached hydrogens (tertiary/aromatic N) is 1. The van der Waals surface area contributed by atoms with Gasteiger partial charge in [0.2, 0.25) is 0 Å². The highest BCUT2D eigenvalue weighted by Crippen LogP contribution is 2.37. The SMILES string of the molecule is COCCN(CC(C)C)C(=O)Nc1ccc(NC(=O)c2ccccc2)cc1C(F)(F)F. The van der Waals surface area contributed by atoms with E-state index in [0.29, 0.717) is 12.1 Å². The van der Waals surface area contributed by atoms with E-state index in [0.717, 1.165) is 12.1 Å². The monoisotopic (exact) mass is 437 g/mol. The number of alkyl halides is 3. The van der Waals surface area contributed by atoms with Crippen LogP contribution in [0.4, 0.5) is 29.3 Å². The Bertz CT molecular complexity index is 887. The molecule has 0 saturated heterocycles. The van der Waals surface area contributed by atoms with Crippen molar-refractivity contribution in [2.75, 3.05) is 37.4 Å². The lowest BCUT2D eigenvalue weighted by atomic mass is 10.1. The van der Waals surface area contributed by atoms with Gasteiger partial charge in [0.1, 0.15) is 0 Å². The number of nitrogens with one attached hydrogen (secondary N) is 2. The molecule has 0 heterocycles. The highest BCUT2D eigenvalue weighted by Gasteiger charge is 2.35. The summed E-state index contributed by atoms with van der Waals surface area (Å²) in [5, 5.41) is 4.79. The first-order valence-electron chi connectivity index (χ1n) is 9.74. The van der Waals surface area contributed by atoms with Crippen LogP contribution >= 0.6 is 0 Å². The minimum atomic E-state index is -4.73. The predicted octanol–water partition coefficient (Wildman–Crippen LogP) is 5.09. The van der Waals surface area contributed by atoms with Crippen molar-refractivity contribution in [3.05, 3.63) is 59.7 Å². The highest BCUT2D eigenvalue weighted by molar-refractivity contribution is 6.04. The molecular weight excluding hydrogens is 411 g/mol. The molecule has 2 N–H and O–H groups in total. The fourth-order valence-electron chi connectivity index (χ4n) is 2.87. The average Bonchev–Trinajstić information content (AvgIpc) is 2.71. The van der Waals surface area contributed by atoms with Gasteiger partial charge in [-0.2, -0.15) is 13.2 Å². The van der Waals surface area contributed by atoms with Crippen LogP contribution in [0.5, 0.6) is 0 Å². The number of halogens is 3. The number of hydrogen-bond donors (Lipinski definition) is 2. The second kappa shape index (κ2) is 10.8.